The molecule has 1 rings (SSSR count). The molecule has 0 saturated carbocycles. The Balaban J connectivity index is 3.35. The molecular formula is C7H6Cl2F2N2. The third-order valence-electron chi connectivity index (χ3n) is 1.56. The van der Waals surface area contributed by atoms with Crippen molar-refractivity contribution in [1.29, 1.82) is 0 Å². The van der Waals surface area contributed by atoms with Gasteiger partial charge in [-0.25, -0.2) is 13.8 Å². The van der Waals surface area contributed by atoms with Gasteiger partial charge in [0.2, 0.25) is 0 Å². The third kappa shape index (κ3) is 2.00. The highest BCUT2D eigenvalue weighted by Crippen LogP contribution is 2.32. The fourth-order valence-corrected chi connectivity index (χ4v) is 1.51. The zero-order valence-corrected chi connectivity index (χ0v) is 7.91. The number of pyridine rings is 1. The van der Waals surface area contributed by atoms with Gasteiger partial charge in [0.05, 0.1) is 10.6 Å². The Bertz CT molecular complexity index is 318. The average Bonchev–Trinajstić information content (AvgIpc) is 2.07. The summed E-state index contributed by atoms with van der Waals surface area (Å²) in [7, 11) is 0. The lowest BCUT2D eigenvalue weighted by Crippen LogP contribution is -2.02. The molecule has 0 amide bonds. The molecule has 0 aliphatic heterocycles. The number of alkyl halides is 3. The lowest BCUT2D eigenvalue weighted by molar-refractivity contribution is 0.151. The quantitative estimate of drug-likeness (QED) is 0.788. The lowest BCUT2D eigenvalue weighted by Gasteiger charge is -2.09. The van der Waals surface area contributed by atoms with Gasteiger partial charge in [-0.05, 0) is 5.56 Å². The number of halogens is 4. The number of nitrogen functional groups attached to an aromatic ring is 1. The number of rotatable bonds is 2. The van der Waals surface area contributed by atoms with E-state index in [0.717, 1.165) is 0 Å². The van der Waals surface area contributed by atoms with E-state index < -0.39 is 6.43 Å². The summed E-state index contributed by atoms with van der Waals surface area (Å²) >= 11 is 11.1. The molecule has 0 bridgehead atoms. The summed E-state index contributed by atoms with van der Waals surface area (Å²) < 4.78 is 24.8. The molecule has 0 fully saturated rings. The first-order valence-electron chi connectivity index (χ1n) is 3.34. The second-order valence-corrected chi connectivity index (χ2v) is 2.99. The lowest BCUT2D eigenvalue weighted by atomic mass is 10.1. The maximum atomic E-state index is 12.4. The summed E-state index contributed by atoms with van der Waals surface area (Å²) in [5.41, 5.74) is 5.03. The number of hydrogen-bond donors (Lipinski definition) is 1. The Morgan fingerprint density at radius 3 is 2.54 bits per heavy atom. The first-order valence-corrected chi connectivity index (χ1v) is 4.26. The highest BCUT2D eigenvalue weighted by molar-refractivity contribution is 6.32. The average molecular weight is 227 g/mol. The molecule has 6 heteroatoms. The van der Waals surface area contributed by atoms with E-state index >= 15 is 0 Å². The molecule has 2 N–H and O–H groups in total. The number of hydrogen-bond acceptors (Lipinski definition) is 2. The molecule has 0 spiro atoms. The van der Waals surface area contributed by atoms with Crippen molar-refractivity contribution in [2.24, 2.45) is 0 Å². The van der Waals surface area contributed by atoms with Crippen LogP contribution in [0.3, 0.4) is 0 Å². The van der Waals surface area contributed by atoms with Crippen LogP contribution in [0.1, 0.15) is 17.6 Å². The normalized spacial score (nSPS) is 10.8. The van der Waals surface area contributed by atoms with E-state index in [1.165, 1.54) is 6.20 Å². The number of nitrogens with two attached hydrogens (primary N) is 1. The Kier molecular flexibility index (Phi) is 3.27. The second kappa shape index (κ2) is 4.07. The fourth-order valence-electron chi connectivity index (χ4n) is 0.936. The molecule has 0 unspecified atom stereocenters. The smallest absolute Gasteiger partial charge is 0.267 e. The molecule has 0 aliphatic carbocycles. The van der Waals surface area contributed by atoms with Crippen LogP contribution < -0.4 is 5.73 Å². The van der Waals surface area contributed by atoms with E-state index in [-0.39, 0.29) is 27.8 Å². The van der Waals surface area contributed by atoms with Crippen LogP contribution in [0.15, 0.2) is 6.20 Å². The zero-order valence-electron chi connectivity index (χ0n) is 6.40. The predicted octanol–water partition coefficient (Wildman–Crippen LogP) is 2.99. The summed E-state index contributed by atoms with van der Waals surface area (Å²) in [5, 5.41) is 0.111. The van der Waals surface area contributed by atoms with Crippen molar-refractivity contribution in [3.05, 3.63) is 22.3 Å². The molecule has 13 heavy (non-hydrogen) atoms. The molecule has 0 radical (unpaired) electrons. The summed E-state index contributed by atoms with van der Waals surface area (Å²) in [5.74, 6) is -0.333. The number of nitrogens with zero attached hydrogens (tertiary/aromatic N) is 1. The van der Waals surface area contributed by atoms with Gasteiger partial charge in [0.15, 0.2) is 0 Å². The van der Waals surface area contributed by atoms with Crippen LogP contribution in [0.5, 0.6) is 0 Å². The molecule has 2 nitrogen and oxygen atoms in total. The van der Waals surface area contributed by atoms with Gasteiger partial charge in [-0.2, -0.15) is 0 Å². The maximum Gasteiger partial charge on any atom is 0.267 e. The molecule has 0 aromatic carbocycles. The predicted molar refractivity (Wildman–Crippen MR) is 48.2 cm³/mol. The van der Waals surface area contributed by atoms with Crippen LogP contribution >= 0.6 is 23.2 Å². The van der Waals surface area contributed by atoms with E-state index in [4.69, 9.17) is 28.9 Å². The van der Waals surface area contributed by atoms with E-state index in [2.05, 4.69) is 4.98 Å². The SMILES string of the molecule is Nc1ncc(Cl)c(CCl)c1C(F)F. The van der Waals surface area contributed by atoms with Gasteiger partial charge in [0.25, 0.3) is 6.43 Å². The van der Waals surface area contributed by atoms with Crippen LogP contribution in [-0.4, -0.2) is 4.98 Å². The largest absolute Gasteiger partial charge is 0.383 e. The molecule has 1 aromatic heterocycles. The van der Waals surface area contributed by atoms with Gasteiger partial charge < -0.3 is 5.73 Å². The van der Waals surface area contributed by atoms with Gasteiger partial charge in [-0.15, -0.1) is 11.6 Å². The van der Waals surface area contributed by atoms with Gasteiger partial charge in [0, 0.05) is 12.1 Å². The number of aromatic nitrogens is 1. The van der Waals surface area contributed by atoms with Crippen molar-refractivity contribution in [2.75, 3.05) is 5.73 Å². The van der Waals surface area contributed by atoms with Gasteiger partial charge in [0.1, 0.15) is 5.82 Å². The van der Waals surface area contributed by atoms with E-state index in [1.807, 2.05) is 0 Å². The van der Waals surface area contributed by atoms with Crippen LogP contribution in [0, 0.1) is 0 Å². The highest BCUT2D eigenvalue weighted by atomic mass is 35.5. The minimum Gasteiger partial charge on any atom is -0.383 e. The fraction of sp³-hybridized carbons (Fsp3) is 0.286. The van der Waals surface area contributed by atoms with Crippen molar-refractivity contribution >= 4 is 29.0 Å². The van der Waals surface area contributed by atoms with Crippen LogP contribution in [0.4, 0.5) is 14.6 Å². The van der Waals surface area contributed by atoms with Crippen molar-refractivity contribution in [3.63, 3.8) is 0 Å². The summed E-state index contributed by atoms with van der Waals surface area (Å²) in [6, 6.07) is 0. The van der Waals surface area contributed by atoms with Crippen molar-refractivity contribution in [3.8, 4) is 0 Å². The third-order valence-corrected chi connectivity index (χ3v) is 2.15. The Morgan fingerprint density at radius 2 is 2.15 bits per heavy atom. The zero-order chi connectivity index (χ0) is 10.0. The minimum absolute atomic E-state index is 0.106. The van der Waals surface area contributed by atoms with Crippen LogP contribution in [0.25, 0.3) is 0 Å². The first-order chi connectivity index (χ1) is 6.07. The minimum atomic E-state index is -2.71. The van der Waals surface area contributed by atoms with Crippen molar-refractivity contribution < 1.29 is 8.78 Å². The maximum absolute atomic E-state index is 12.4. The van der Waals surface area contributed by atoms with Gasteiger partial charge in [-0.1, -0.05) is 11.6 Å². The Morgan fingerprint density at radius 1 is 1.54 bits per heavy atom. The molecule has 72 valence electrons. The van der Waals surface area contributed by atoms with Crippen molar-refractivity contribution in [2.45, 2.75) is 12.3 Å². The molecule has 0 saturated heterocycles. The first kappa shape index (κ1) is 10.5. The summed E-state index contributed by atoms with van der Waals surface area (Å²) in [6.07, 6.45) is -1.50. The standard InChI is InChI=1S/C7H6Cl2F2N2/c8-1-3-4(9)2-13-7(12)5(3)6(10)11/h2,6H,1H2,(H2,12,13). The molecule has 1 heterocycles. The van der Waals surface area contributed by atoms with Crippen LogP contribution in [0.2, 0.25) is 5.02 Å². The van der Waals surface area contributed by atoms with E-state index in [0.29, 0.717) is 0 Å². The monoisotopic (exact) mass is 226 g/mol. The Labute approximate surface area is 83.7 Å². The molecule has 0 atom stereocenters. The van der Waals surface area contributed by atoms with E-state index in [9.17, 15) is 8.78 Å². The summed E-state index contributed by atoms with van der Waals surface area (Å²) in [6.45, 7) is 0. The highest BCUT2D eigenvalue weighted by Gasteiger charge is 2.19. The van der Waals surface area contributed by atoms with E-state index in [1.54, 1.807) is 0 Å². The van der Waals surface area contributed by atoms with Crippen LogP contribution in [-0.2, 0) is 5.88 Å². The van der Waals surface area contributed by atoms with Crippen molar-refractivity contribution in [1.82, 2.24) is 4.98 Å². The molecule has 0 aliphatic rings. The topological polar surface area (TPSA) is 38.9 Å². The second-order valence-electron chi connectivity index (χ2n) is 2.32. The Hall–Kier alpha value is -0.610. The summed E-state index contributed by atoms with van der Waals surface area (Å²) in [4.78, 5) is 3.52. The molecular weight excluding hydrogens is 221 g/mol. The van der Waals surface area contributed by atoms with Gasteiger partial charge >= 0.3 is 0 Å². The number of anilines is 1. The molecule has 1 aromatic rings. The van der Waals surface area contributed by atoms with Gasteiger partial charge in [-0.3, -0.25) is 0 Å².